The molecule has 9 nitrogen and oxygen atoms in total. The Hall–Kier alpha value is -3.75. The van der Waals surface area contributed by atoms with E-state index in [4.69, 9.17) is 4.74 Å². The number of urea groups is 1. The molecule has 1 aromatic heterocycles. The normalized spacial score (nSPS) is 15.3. The van der Waals surface area contributed by atoms with Gasteiger partial charge in [-0.3, -0.25) is 19.8 Å². The lowest BCUT2D eigenvalue weighted by Gasteiger charge is -2.06. The number of carbonyl (C=O) groups excluding carboxylic acids is 2. The van der Waals surface area contributed by atoms with E-state index in [-0.39, 0.29) is 23.2 Å². The van der Waals surface area contributed by atoms with Crippen molar-refractivity contribution in [3.05, 3.63) is 64.0 Å². The molecule has 1 N–H and O–H groups in total. The summed E-state index contributed by atoms with van der Waals surface area (Å²) in [6.45, 7) is 2.02. The number of nitro groups is 1. The molecule has 132 valence electrons. The van der Waals surface area contributed by atoms with Crippen LogP contribution in [0.25, 0.3) is 6.08 Å². The maximum absolute atomic E-state index is 12.0. The number of hydrogen-bond donors (Lipinski definition) is 1. The van der Waals surface area contributed by atoms with Gasteiger partial charge in [-0.15, -0.1) is 0 Å². The lowest BCUT2D eigenvalue weighted by molar-refractivity contribution is -0.385. The lowest BCUT2D eigenvalue weighted by atomic mass is 10.2. The van der Waals surface area contributed by atoms with E-state index >= 15 is 0 Å². The summed E-state index contributed by atoms with van der Waals surface area (Å²) in [5.74, 6) is 0.330. The van der Waals surface area contributed by atoms with Gasteiger partial charge in [-0.25, -0.2) is 9.78 Å². The van der Waals surface area contributed by atoms with Crippen LogP contribution in [0.15, 0.2) is 48.3 Å². The summed E-state index contributed by atoms with van der Waals surface area (Å²) in [4.78, 5) is 38.7. The van der Waals surface area contributed by atoms with Crippen molar-refractivity contribution in [2.75, 3.05) is 6.54 Å². The van der Waals surface area contributed by atoms with Crippen LogP contribution in [-0.2, 0) is 4.79 Å². The first-order chi connectivity index (χ1) is 12.5. The third-order valence-corrected chi connectivity index (χ3v) is 3.62. The Morgan fingerprint density at radius 1 is 1.23 bits per heavy atom. The van der Waals surface area contributed by atoms with E-state index in [1.807, 2.05) is 0 Å². The number of amides is 3. The van der Waals surface area contributed by atoms with Crippen molar-refractivity contribution in [2.24, 2.45) is 0 Å². The molecule has 0 saturated carbocycles. The molecule has 3 rings (SSSR count). The van der Waals surface area contributed by atoms with E-state index in [1.54, 1.807) is 37.3 Å². The van der Waals surface area contributed by atoms with Crippen molar-refractivity contribution >= 4 is 23.7 Å². The van der Waals surface area contributed by atoms with Gasteiger partial charge in [0.25, 0.3) is 11.6 Å². The molecule has 0 spiro atoms. The fraction of sp³-hybridized carbons (Fsp3) is 0.118. The molecule has 0 bridgehead atoms. The molecule has 0 atom stereocenters. The number of benzene rings is 1. The van der Waals surface area contributed by atoms with Crippen molar-refractivity contribution < 1.29 is 19.2 Å². The number of carbonyl (C=O) groups is 2. The summed E-state index contributed by atoms with van der Waals surface area (Å²) in [5, 5.41) is 13.1. The molecule has 2 heterocycles. The van der Waals surface area contributed by atoms with E-state index in [0.717, 1.165) is 11.1 Å². The first kappa shape index (κ1) is 17.1. The maximum atomic E-state index is 12.0. The summed E-state index contributed by atoms with van der Waals surface area (Å²) >= 11 is 0. The second-order valence-corrected chi connectivity index (χ2v) is 5.32. The average Bonchev–Trinajstić information content (AvgIpc) is 2.90. The maximum Gasteiger partial charge on any atom is 0.328 e. The Morgan fingerprint density at radius 3 is 2.50 bits per heavy atom. The number of pyridine rings is 1. The highest BCUT2D eigenvalue weighted by atomic mass is 16.6. The number of hydrogen-bond acceptors (Lipinski definition) is 6. The number of nitrogens with one attached hydrogen (secondary N) is 1. The predicted molar refractivity (Wildman–Crippen MR) is 91.3 cm³/mol. The van der Waals surface area contributed by atoms with Crippen molar-refractivity contribution in [3.8, 4) is 11.6 Å². The van der Waals surface area contributed by atoms with Gasteiger partial charge in [0.1, 0.15) is 17.6 Å². The number of likely N-dealkylation sites (N-methyl/N-ethyl adjacent to an activating group) is 1. The summed E-state index contributed by atoms with van der Waals surface area (Å²) in [6, 6.07) is 9.01. The minimum Gasteiger partial charge on any atom is -0.439 e. The number of rotatable bonds is 5. The standard InChI is InChI=1S/C17H14N4O5/c1-2-20-16(22)14(19-17(20)23)9-11-3-6-13(7-4-11)26-15-8-5-12(10-18-15)21(24)25/h3-10H,2H2,1H3,(H,19,23)/b14-9+. The van der Waals surface area contributed by atoms with E-state index in [2.05, 4.69) is 10.3 Å². The molecule has 0 radical (unpaired) electrons. The Kier molecular flexibility index (Phi) is 4.61. The van der Waals surface area contributed by atoms with Gasteiger partial charge in [0, 0.05) is 18.7 Å². The molecule has 0 aliphatic carbocycles. The smallest absolute Gasteiger partial charge is 0.328 e. The van der Waals surface area contributed by atoms with E-state index in [9.17, 15) is 19.7 Å². The lowest BCUT2D eigenvalue weighted by Crippen LogP contribution is -2.30. The first-order valence-corrected chi connectivity index (χ1v) is 7.71. The minimum atomic E-state index is -0.540. The fourth-order valence-corrected chi connectivity index (χ4v) is 2.32. The second-order valence-electron chi connectivity index (χ2n) is 5.32. The van der Waals surface area contributed by atoms with Crippen LogP contribution in [0.4, 0.5) is 10.5 Å². The van der Waals surface area contributed by atoms with Crippen molar-refractivity contribution in [3.63, 3.8) is 0 Å². The molecule has 0 unspecified atom stereocenters. The van der Waals surface area contributed by atoms with Crippen LogP contribution in [0.1, 0.15) is 12.5 Å². The molecule has 26 heavy (non-hydrogen) atoms. The van der Waals surface area contributed by atoms with E-state index in [0.29, 0.717) is 17.9 Å². The van der Waals surface area contributed by atoms with Crippen LogP contribution in [0, 0.1) is 10.1 Å². The van der Waals surface area contributed by atoms with Crippen molar-refractivity contribution in [1.82, 2.24) is 15.2 Å². The van der Waals surface area contributed by atoms with Gasteiger partial charge in [-0.2, -0.15) is 0 Å². The first-order valence-electron chi connectivity index (χ1n) is 7.71. The third-order valence-electron chi connectivity index (χ3n) is 3.62. The van der Waals surface area contributed by atoms with Crippen LogP contribution >= 0.6 is 0 Å². The number of nitrogens with zero attached hydrogens (tertiary/aromatic N) is 3. The fourth-order valence-electron chi connectivity index (χ4n) is 2.32. The van der Waals surface area contributed by atoms with Gasteiger partial charge >= 0.3 is 6.03 Å². The molecule has 3 amide bonds. The molecule has 1 aliphatic heterocycles. The average molecular weight is 354 g/mol. The summed E-state index contributed by atoms with van der Waals surface area (Å²) < 4.78 is 5.51. The van der Waals surface area contributed by atoms with Gasteiger partial charge in [-0.05, 0) is 30.7 Å². The van der Waals surface area contributed by atoms with Crippen LogP contribution in [0.3, 0.4) is 0 Å². The molecule has 1 fully saturated rings. The molecular weight excluding hydrogens is 340 g/mol. The van der Waals surface area contributed by atoms with Gasteiger partial charge < -0.3 is 10.1 Å². The second kappa shape index (κ2) is 7.01. The number of ether oxygens (including phenoxy) is 1. The van der Waals surface area contributed by atoms with Gasteiger partial charge in [-0.1, -0.05) is 12.1 Å². The summed E-state index contributed by atoms with van der Waals surface area (Å²) in [5.41, 5.74) is 0.793. The Bertz CT molecular complexity index is 890. The van der Waals surface area contributed by atoms with Crippen LogP contribution in [-0.4, -0.2) is 33.3 Å². The molecule has 1 saturated heterocycles. The SMILES string of the molecule is CCN1C(=O)N/C(=C/c2ccc(Oc3ccc([N+](=O)[O-])cn3)cc2)C1=O. The largest absolute Gasteiger partial charge is 0.439 e. The zero-order valence-electron chi connectivity index (χ0n) is 13.7. The highest BCUT2D eigenvalue weighted by Gasteiger charge is 2.31. The summed E-state index contributed by atoms with van der Waals surface area (Å²) in [7, 11) is 0. The highest BCUT2D eigenvalue weighted by Crippen LogP contribution is 2.22. The zero-order chi connectivity index (χ0) is 18.7. The van der Waals surface area contributed by atoms with Gasteiger partial charge in [0.05, 0.1) is 4.92 Å². The zero-order valence-corrected chi connectivity index (χ0v) is 13.7. The van der Waals surface area contributed by atoms with Crippen LogP contribution < -0.4 is 10.1 Å². The highest BCUT2D eigenvalue weighted by molar-refractivity contribution is 6.13. The van der Waals surface area contributed by atoms with Gasteiger partial charge in [0.15, 0.2) is 0 Å². The Labute approximate surface area is 148 Å². The number of imide groups is 1. The molecular formula is C17H14N4O5. The van der Waals surface area contributed by atoms with Crippen molar-refractivity contribution in [2.45, 2.75) is 6.92 Å². The topological polar surface area (TPSA) is 115 Å². The third kappa shape index (κ3) is 3.51. The monoisotopic (exact) mass is 354 g/mol. The van der Waals surface area contributed by atoms with E-state index in [1.165, 1.54) is 12.1 Å². The molecule has 1 aromatic carbocycles. The molecule has 2 aromatic rings. The Morgan fingerprint density at radius 2 is 1.96 bits per heavy atom. The minimum absolute atomic E-state index is 0.122. The van der Waals surface area contributed by atoms with Crippen molar-refractivity contribution in [1.29, 1.82) is 0 Å². The Balaban J connectivity index is 1.71. The molecule has 9 heteroatoms. The van der Waals surface area contributed by atoms with Crippen LogP contribution in [0.2, 0.25) is 0 Å². The van der Waals surface area contributed by atoms with Gasteiger partial charge in [0.2, 0.25) is 5.88 Å². The van der Waals surface area contributed by atoms with E-state index < -0.39 is 11.0 Å². The number of aromatic nitrogens is 1. The molecule has 1 aliphatic rings. The summed E-state index contributed by atoms with van der Waals surface area (Å²) in [6.07, 6.45) is 2.69. The predicted octanol–water partition coefficient (Wildman–Crippen LogP) is 2.69. The quantitative estimate of drug-likeness (QED) is 0.382. The van der Waals surface area contributed by atoms with Crippen LogP contribution in [0.5, 0.6) is 11.6 Å².